The Balaban J connectivity index is 1.55. The van der Waals surface area contributed by atoms with Crippen LogP contribution in [-0.4, -0.2) is 82.6 Å². The van der Waals surface area contributed by atoms with Gasteiger partial charge >= 0.3 is 12.1 Å². The summed E-state index contributed by atoms with van der Waals surface area (Å²) < 4.78 is 5.08. The number of hydrogen-bond donors (Lipinski definition) is 3. The Bertz CT molecular complexity index is 1300. The van der Waals surface area contributed by atoms with Crippen molar-refractivity contribution in [1.29, 1.82) is 0 Å². The SMILES string of the molecule is CCOC(=O)N[C@@H]1C[C@H]2C(=O)N([C@H](CCC(=O)O)C(=O)NCc3ccc(Cl)c(Cl)c3)CCC(CCc3ccccc3)N2C1. The third-order valence-electron chi connectivity index (χ3n) is 8.05. The van der Waals surface area contributed by atoms with Gasteiger partial charge in [0.05, 0.1) is 22.7 Å². The molecule has 3 N–H and O–H groups in total. The van der Waals surface area contributed by atoms with Crippen LogP contribution < -0.4 is 10.6 Å². The predicted molar refractivity (Wildman–Crippen MR) is 163 cm³/mol. The van der Waals surface area contributed by atoms with Crippen LogP contribution in [-0.2, 0) is 32.1 Å². The number of fused-ring (bicyclic) bond motifs is 1. The van der Waals surface area contributed by atoms with Gasteiger partial charge in [-0.3, -0.25) is 19.3 Å². The number of carboxylic acid groups (broad SMARTS) is 1. The highest BCUT2D eigenvalue weighted by atomic mass is 35.5. The van der Waals surface area contributed by atoms with Crippen molar-refractivity contribution in [3.8, 4) is 0 Å². The van der Waals surface area contributed by atoms with Gasteiger partial charge in [0.15, 0.2) is 0 Å². The highest BCUT2D eigenvalue weighted by Gasteiger charge is 2.46. The minimum absolute atomic E-state index is 0.0209. The van der Waals surface area contributed by atoms with Crippen molar-refractivity contribution in [1.82, 2.24) is 20.4 Å². The van der Waals surface area contributed by atoms with E-state index in [1.165, 1.54) is 5.56 Å². The molecule has 2 aromatic rings. The molecule has 2 fully saturated rings. The number of halogens is 2. The summed E-state index contributed by atoms with van der Waals surface area (Å²) in [6.45, 7) is 2.90. The Morgan fingerprint density at radius 1 is 1.09 bits per heavy atom. The standard InChI is InChI=1S/C31H38Cl2N4O6/c1-2-43-31(42)35-22-17-27-30(41)36(15-14-23(37(27)19-22)10-8-20-6-4-3-5-7-20)26(12-13-28(38)39)29(40)34-18-21-9-11-24(32)25(33)16-21/h3-7,9,11,16,22-23,26-27H,2,8,10,12-15,17-19H2,1H3,(H,34,40)(H,35,42)(H,38,39)/t22-,23?,26-,27+/m1/s1. The summed E-state index contributed by atoms with van der Waals surface area (Å²) in [7, 11) is 0. The van der Waals surface area contributed by atoms with Crippen LogP contribution in [0.3, 0.4) is 0 Å². The lowest BCUT2D eigenvalue weighted by atomic mass is 10.0. The molecular weight excluding hydrogens is 595 g/mol. The number of alkyl carbamates (subject to hydrolysis) is 1. The van der Waals surface area contributed by atoms with Crippen LogP contribution in [0.5, 0.6) is 0 Å². The third kappa shape index (κ3) is 8.84. The van der Waals surface area contributed by atoms with Gasteiger partial charge in [0, 0.05) is 38.1 Å². The van der Waals surface area contributed by atoms with Crippen LogP contribution in [0.4, 0.5) is 4.79 Å². The summed E-state index contributed by atoms with van der Waals surface area (Å²) in [6.07, 6.45) is 1.74. The van der Waals surface area contributed by atoms with Crippen molar-refractivity contribution in [2.75, 3.05) is 19.7 Å². The molecule has 2 aliphatic rings. The smallest absolute Gasteiger partial charge is 0.407 e. The van der Waals surface area contributed by atoms with Crippen molar-refractivity contribution in [3.63, 3.8) is 0 Å². The Kier molecular flexibility index (Phi) is 11.7. The van der Waals surface area contributed by atoms with Gasteiger partial charge < -0.3 is 25.4 Å². The molecule has 10 nitrogen and oxygen atoms in total. The molecule has 0 aliphatic carbocycles. The number of carbonyl (C=O) groups excluding carboxylic acids is 3. The second kappa shape index (κ2) is 15.4. The van der Waals surface area contributed by atoms with Crippen LogP contribution in [0.2, 0.25) is 10.0 Å². The maximum Gasteiger partial charge on any atom is 0.407 e. The van der Waals surface area contributed by atoms with E-state index < -0.39 is 30.1 Å². The molecule has 2 aromatic carbocycles. The summed E-state index contributed by atoms with van der Waals surface area (Å²) >= 11 is 12.1. The molecule has 0 bridgehead atoms. The lowest BCUT2D eigenvalue weighted by Crippen LogP contribution is -2.53. The van der Waals surface area contributed by atoms with Gasteiger partial charge in [-0.1, -0.05) is 59.6 Å². The summed E-state index contributed by atoms with van der Waals surface area (Å²) in [4.78, 5) is 55.1. The molecule has 3 amide bonds. The second-order valence-corrected chi connectivity index (χ2v) is 11.7. The molecule has 12 heteroatoms. The largest absolute Gasteiger partial charge is 0.481 e. The number of aryl methyl sites for hydroxylation is 1. The monoisotopic (exact) mass is 632 g/mol. The van der Waals surface area contributed by atoms with E-state index in [0.717, 1.165) is 18.4 Å². The van der Waals surface area contributed by atoms with E-state index in [4.69, 9.17) is 27.9 Å². The number of carboxylic acids is 1. The number of amides is 3. The minimum atomic E-state index is -1.05. The van der Waals surface area contributed by atoms with Crippen LogP contribution in [0.15, 0.2) is 48.5 Å². The zero-order valence-corrected chi connectivity index (χ0v) is 25.6. The average Bonchev–Trinajstić information content (AvgIpc) is 3.35. The quantitative estimate of drug-likeness (QED) is 0.319. The van der Waals surface area contributed by atoms with E-state index in [-0.39, 0.29) is 44.0 Å². The first-order valence-corrected chi connectivity index (χ1v) is 15.4. The number of aliphatic carboxylic acids is 1. The fraction of sp³-hybridized carbons (Fsp3) is 0.484. The number of hydrogen-bond acceptors (Lipinski definition) is 6. The summed E-state index contributed by atoms with van der Waals surface area (Å²) in [6, 6.07) is 13.3. The molecule has 2 saturated heterocycles. The second-order valence-electron chi connectivity index (χ2n) is 10.9. The van der Waals surface area contributed by atoms with Gasteiger partial charge in [-0.05, 0) is 62.3 Å². The van der Waals surface area contributed by atoms with Gasteiger partial charge in [-0.15, -0.1) is 0 Å². The van der Waals surface area contributed by atoms with E-state index in [2.05, 4.69) is 27.7 Å². The molecule has 2 heterocycles. The van der Waals surface area contributed by atoms with E-state index in [1.54, 1.807) is 30.0 Å². The molecule has 2 aliphatic heterocycles. The normalized spacial score (nSPS) is 21.0. The Hall–Kier alpha value is -3.34. The van der Waals surface area contributed by atoms with E-state index >= 15 is 0 Å². The van der Waals surface area contributed by atoms with E-state index in [1.807, 2.05) is 18.2 Å². The summed E-state index contributed by atoms with van der Waals surface area (Å²) in [5, 5.41) is 15.9. The Labute approximate surface area is 261 Å². The van der Waals surface area contributed by atoms with Crippen LogP contribution >= 0.6 is 23.2 Å². The van der Waals surface area contributed by atoms with Crippen LogP contribution in [0, 0.1) is 0 Å². The highest BCUT2D eigenvalue weighted by Crippen LogP contribution is 2.31. The van der Waals surface area contributed by atoms with Crippen LogP contribution in [0.25, 0.3) is 0 Å². The fourth-order valence-electron chi connectivity index (χ4n) is 5.95. The maximum atomic E-state index is 14.1. The molecule has 0 radical (unpaired) electrons. The molecular formula is C31H38Cl2N4O6. The molecule has 0 saturated carbocycles. The van der Waals surface area contributed by atoms with E-state index in [9.17, 15) is 24.3 Å². The Morgan fingerprint density at radius 3 is 2.56 bits per heavy atom. The van der Waals surface area contributed by atoms with Crippen molar-refractivity contribution >= 4 is 47.1 Å². The third-order valence-corrected chi connectivity index (χ3v) is 8.79. The zero-order chi connectivity index (χ0) is 30.9. The van der Waals surface area contributed by atoms with Crippen molar-refractivity contribution in [2.45, 2.75) is 76.2 Å². The number of rotatable bonds is 12. The first-order valence-electron chi connectivity index (χ1n) is 14.6. The van der Waals surface area contributed by atoms with Gasteiger partial charge in [0.1, 0.15) is 6.04 Å². The minimum Gasteiger partial charge on any atom is -0.481 e. The predicted octanol–water partition coefficient (Wildman–Crippen LogP) is 4.27. The molecule has 4 rings (SSSR count). The Morgan fingerprint density at radius 2 is 1.86 bits per heavy atom. The van der Waals surface area contributed by atoms with Crippen LogP contribution in [0.1, 0.15) is 50.2 Å². The summed E-state index contributed by atoms with van der Waals surface area (Å²) in [5.74, 6) is -1.73. The topological polar surface area (TPSA) is 128 Å². The molecule has 0 spiro atoms. The molecule has 0 aromatic heterocycles. The number of benzene rings is 2. The first-order chi connectivity index (χ1) is 20.7. The van der Waals surface area contributed by atoms with Crippen molar-refractivity contribution in [3.05, 3.63) is 69.7 Å². The molecule has 43 heavy (non-hydrogen) atoms. The van der Waals surface area contributed by atoms with Gasteiger partial charge in [0.25, 0.3) is 0 Å². The van der Waals surface area contributed by atoms with Gasteiger partial charge in [-0.25, -0.2) is 4.79 Å². The van der Waals surface area contributed by atoms with E-state index in [0.29, 0.717) is 36.0 Å². The number of nitrogens with zero attached hydrogens (tertiary/aromatic N) is 2. The lowest BCUT2D eigenvalue weighted by Gasteiger charge is -2.32. The summed E-state index contributed by atoms with van der Waals surface area (Å²) in [5.41, 5.74) is 1.91. The highest BCUT2D eigenvalue weighted by molar-refractivity contribution is 6.42. The van der Waals surface area contributed by atoms with Gasteiger partial charge in [0.2, 0.25) is 11.8 Å². The number of ether oxygens (including phenoxy) is 1. The molecule has 1 unspecified atom stereocenters. The van der Waals surface area contributed by atoms with Crippen molar-refractivity contribution in [2.24, 2.45) is 0 Å². The van der Waals surface area contributed by atoms with Gasteiger partial charge in [-0.2, -0.15) is 0 Å². The average molecular weight is 634 g/mol. The molecule has 4 atom stereocenters. The first kappa shape index (κ1) is 32.6. The molecule has 232 valence electrons. The number of carbonyl (C=O) groups is 4. The maximum absolute atomic E-state index is 14.1. The number of nitrogens with one attached hydrogen (secondary N) is 2. The van der Waals surface area contributed by atoms with Crippen molar-refractivity contribution < 1.29 is 29.0 Å². The lowest BCUT2D eigenvalue weighted by molar-refractivity contribution is -0.144. The zero-order valence-electron chi connectivity index (χ0n) is 24.1. The fourth-order valence-corrected chi connectivity index (χ4v) is 6.27.